The largest absolute Gasteiger partial charge is 0.383 e. The molecule has 1 aromatic rings. The normalized spacial score (nSPS) is 31.6. The molecule has 2 atom stereocenters. The first kappa shape index (κ1) is 13.6. The van der Waals surface area contributed by atoms with Gasteiger partial charge in [-0.25, -0.2) is 0 Å². The van der Waals surface area contributed by atoms with E-state index >= 15 is 0 Å². The van der Waals surface area contributed by atoms with E-state index in [1.165, 1.54) is 19.4 Å². The van der Waals surface area contributed by atoms with Crippen LogP contribution in [0.2, 0.25) is 0 Å². The second kappa shape index (κ2) is 5.19. The van der Waals surface area contributed by atoms with Gasteiger partial charge in [0.2, 0.25) is 0 Å². The Morgan fingerprint density at radius 2 is 2.37 bits per heavy atom. The first-order valence-corrected chi connectivity index (χ1v) is 8.11. The molecule has 0 amide bonds. The molecule has 5 heteroatoms. The van der Waals surface area contributed by atoms with E-state index in [0.29, 0.717) is 6.04 Å². The van der Waals surface area contributed by atoms with E-state index in [2.05, 4.69) is 32.9 Å². The molecular weight excluding hydrogens is 306 g/mol. The lowest BCUT2D eigenvalue weighted by Crippen LogP contribution is -2.47. The SMILES string of the molecule is CCCn1ncc(Br)c1C1(O)CCN2CCCC2C1. The third-order valence-corrected chi connectivity index (χ3v) is 5.14. The Labute approximate surface area is 122 Å². The molecule has 106 valence electrons. The number of nitrogens with zero attached hydrogens (tertiary/aromatic N) is 3. The lowest BCUT2D eigenvalue weighted by molar-refractivity contribution is -0.0478. The standard InChI is InChI=1S/C14H22BrN3O/c1-2-6-18-13(12(15)10-16-18)14(19)5-8-17-7-3-4-11(17)9-14/h10-11,19H,2-9H2,1H3. The minimum atomic E-state index is -0.712. The highest BCUT2D eigenvalue weighted by molar-refractivity contribution is 9.10. The number of fused-ring (bicyclic) bond motifs is 1. The fourth-order valence-electron chi connectivity index (χ4n) is 3.66. The lowest BCUT2D eigenvalue weighted by atomic mass is 9.84. The van der Waals surface area contributed by atoms with E-state index < -0.39 is 5.60 Å². The molecule has 1 aromatic heterocycles. The Morgan fingerprint density at radius 1 is 1.53 bits per heavy atom. The van der Waals surface area contributed by atoms with Crippen LogP contribution >= 0.6 is 15.9 Å². The number of rotatable bonds is 3. The van der Waals surface area contributed by atoms with Gasteiger partial charge in [-0.3, -0.25) is 4.68 Å². The third-order valence-electron chi connectivity index (χ3n) is 4.56. The van der Waals surface area contributed by atoms with E-state index in [1.807, 2.05) is 10.9 Å². The van der Waals surface area contributed by atoms with Crippen LogP contribution in [-0.2, 0) is 12.1 Å². The molecule has 1 N–H and O–H groups in total. The highest BCUT2D eigenvalue weighted by Gasteiger charge is 2.44. The summed E-state index contributed by atoms with van der Waals surface area (Å²) in [4.78, 5) is 2.53. The number of halogens is 1. The number of piperidine rings is 1. The van der Waals surface area contributed by atoms with Crippen LogP contribution in [0.25, 0.3) is 0 Å². The average molecular weight is 328 g/mol. The minimum Gasteiger partial charge on any atom is -0.383 e. The quantitative estimate of drug-likeness (QED) is 0.927. The molecule has 19 heavy (non-hydrogen) atoms. The van der Waals surface area contributed by atoms with E-state index in [-0.39, 0.29) is 0 Å². The van der Waals surface area contributed by atoms with E-state index in [1.54, 1.807) is 0 Å². The van der Waals surface area contributed by atoms with Gasteiger partial charge in [0.1, 0.15) is 5.60 Å². The van der Waals surface area contributed by atoms with Crippen molar-refractivity contribution in [3.05, 3.63) is 16.4 Å². The average Bonchev–Trinajstić information content (AvgIpc) is 2.96. The molecule has 0 radical (unpaired) electrons. The van der Waals surface area contributed by atoms with Crippen LogP contribution in [0.3, 0.4) is 0 Å². The van der Waals surface area contributed by atoms with Crippen molar-refractivity contribution in [1.82, 2.24) is 14.7 Å². The van der Waals surface area contributed by atoms with Crippen LogP contribution < -0.4 is 0 Å². The van der Waals surface area contributed by atoms with Gasteiger partial charge in [-0.1, -0.05) is 6.92 Å². The van der Waals surface area contributed by atoms with Crippen LogP contribution in [0.5, 0.6) is 0 Å². The van der Waals surface area contributed by atoms with Crippen molar-refractivity contribution in [2.45, 2.75) is 57.2 Å². The van der Waals surface area contributed by atoms with Crippen molar-refractivity contribution in [3.8, 4) is 0 Å². The highest BCUT2D eigenvalue weighted by Crippen LogP contribution is 2.41. The summed E-state index contributed by atoms with van der Waals surface area (Å²) in [6.45, 7) is 5.22. The fraction of sp³-hybridized carbons (Fsp3) is 0.786. The van der Waals surface area contributed by atoms with Gasteiger partial charge in [-0.05, 0) is 54.6 Å². The lowest BCUT2D eigenvalue weighted by Gasteiger charge is -2.41. The summed E-state index contributed by atoms with van der Waals surface area (Å²) in [5.41, 5.74) is 0.275. The molecular formula is C14H22BrN3O. The van der Waals surface area contributed by atoms with Crippen molar-refractivity contribution in [2.75, 3.05) is 13.1 Å². The van der Waals surface area contributed by atoms with Crippen molar-refractivity contribution < 1.29 is 5.11 Å². The molecule has 3 heterocycles. The molecule has 0 saturated carbocycles. The summed E-state index contributed by atoms with van der Waals surface area (Å²) in [5, 5.41) is 15.6. The van der Waals surface area contributed by atoms with E-state index in [0.717, 1.165) is 42.5 Å². The molecule has 0 spiro atoms. The van der Waals surface area contributed by atoms with Crippen molar-refractivity contribution >= 4 is 15.9 Å². The Hall–Kier alpha value is -0.390. The maximum Gasteiger partial charge on any atom is 0.110 e. The minimum absolute atomic E-state index is 0.552. The van der Waals surface area contributed by atoms with Crippen LogP contribution in [0, 0.1) is 0 Å². The predicted octanol–water partition coefficient (Wildman–Crippen LogP) is 2.50. The Morgan fingerprint density at radius 3 is 3.16 bits per heavy atom. The molecule has 0 aromatic carbocycles. The third kappa shape index (κ3) is 2.36. The highest BCUT2D eigenvalue weighted by atomic mass is 79.9. The topological polar surface area (TPSA) is 41.3 Å². The molecule has 2 saturated heterocycles. The molecule has 0 aliphatic carbocycles. The summed E-state index contributed by atoms with van der Waals surface area (Å²) in [7, 11) is 0. The van der Waals surface area contributed by atoms with Gasteiger partial charge in [0.15, 0.2) is 0 Å². The van der Waals surface area contributed by atoms with Crippen molar-refractivity contribution in [3.63, 3.8) is 0 Å². The van der Waals surface area contributed by atoms with Crippen LogP contribution in [0.15, 0.2) is 10.7 Å². The van der Waals surface area contributed by atoms with Gasteiger partial charge < -0.3 is 10.0 Å². The Balaban J connectivity index is 1.89. The Kier molecular flexibility index (Phi) is 3.71. The fourth-order valence-corrected chi connectivity index (χ4v) is 4.33. The zero-order valence-electron chi connectivity index (χ0n) is 11.5. The second-order valence-corrected chi connectivity index (χ2v) is 6.74. The van der Waals surface area contributed by atoms with Crippen LogP contribution in [0.4, 0.5) is 0 Å². The van der Waals surface area contributed by atoms with Crippen molar-refractivity contribution in [1.29, 1.82) is 0 Å². The molecule has 3 rings (SSSR count). The maximum absolute atomic E-state index is 11.1. The number of aryl methyl sites for hydroxylation is 1. The van der Waals surface area contributed by atoms with Gasteiger partial charge in [0.05, 0.1) is 16.4 Å². The van der Waals surface area contributed by atoms with Gasteiger partial charge >= 0.3 is 0 Å². The van der Waals surface area contributed by atoms with Crippen LogP contribution in [-0.4, -0.2) is 38.9 Å². The van der Waals surface area contributed by atoms with Gasteiger partial charge in [0, 0.05) is 19.1 Å². The smallest absolute Gasteiger partial charge is 0.110 e. The summed E-state index contributed by atoms with van der Waals surface area (Å²) < 4.78 is 2.93. The molecule has 2 unspecified atom stereocenters. The zero-order chi connectivity index (χ0) is 13.5. The maximum atomic E-state index is 11.1. The number of hydrogen-bond acceptors (Lipinski definition) is 3. The van der Waals surface area contributed by atoms with Crippen LogP contribution in [0.1, 0.15) is 44.7 Å². The number of aromatic nitrogens is 2. The van der Waals surface area contributed by atoms with Gasteiger partial charge in [-0.2, -0.15) is 5.10 Å². The van der Waals surface area contributed by atoms with Gasteiger partial charge in [-0.15, -0.1) is 0 Å². The number of hydrogen-bond donors (Lipinski definition) is 1. The number of aliphatic hydroxyl groups is 1. The molecule has 0 bridgehead atoms. The Bertz CT molecular complexity index is 462. The monoisotopic (exact) mass is 327 g/mol. The molecule has 2 fully saturated rings. The van der Waals surface area contributed by atoms with E-state index in [9.17, 15) is 5.11 Å². The summed E-state index contributed by atoms with van der Waals surface area (Å²) in [6.07, 6.45) is 7.02. The van der Waals surface area contributed by atoms with E-state index in [4.69, 9.17) is 0 Å². The second-order valence-electron chi connectivity index (χ2n) is 5.88. The predicted molar refractivity (Wildman–Crippen MR) is 77.9 cm³/mol. The zero-order valence-corrected chi connectivity index (χ0v) is 13.1. The van der Waals surface area contributed by atoms with Gasteiger partial charge in [0.25, 0.3) is 0 Å². The molecule has 2 aliphatic rings. The molecule has 4 nitrogen and oxygen atoms in total. The first-order chi connectivity index (χ1) is 9.14. The summed E-state index contributed by atoms with van der Waals surface area (Å²) >= 11 is 3.57. The summed E-state index contributed by atoms with van der Waals surface area (Å²) in [5.74, 6) is 0. The first-order valence-electron chi connectivity index (χ1n) is 7.32. The van der Waals surface area contributed by atoms with Crippen molar-refractivity contribution in [2.24, 2.45) is 0 Å². The summed E-state index contributed by atoms with van der Waals surface area (Å²) in [6, 6.07) is 0.552. The molecule has 2 aliphatic heterocycles.